The first-order valence-electron chi connectivity index (χ1n) is 5.94. The van der Waals surface area contributed by atoms with E-state index < -0.39 is 0 Å². The summed E-state index contributed by atoms with van der Waals surface area (Å²) in [5.41, 5.74) is 5.61. The van der Waals surface area contributed by atoms with E-state index in [9.17, 15) is 9.59 Å². The van der Waals surface area contributed by atoms with Crippen molar-refractivity contribution in [2.45, 2.75) is 32.6 Å². The van der Waals surface area contributed by atoms with E-state index in [4.69, 9.17) is 11.6 Å². The predicted molar refractivity (Wildman–Crippen MR) is 71.0 cm³/mol. The van der Waals surface area contributed by atoms with Crippen LogP contribution >= 0.6 is 11.6 Å². The van der Waals surface area contributed by atoms with Gasteiger partial charge in [-0.15, -0.1) is 0 Å². The molecule has 0 spiro atoms. The number of benzene rings is 1. The molecule has 1 rings (SSSR count). The molecular weight excluding hydrogens is 252 g/mol. The molecule has 0 saturated carbocycles. The van der Waals surface area contributed by atoms with E-state index >= 15 is 0 Å². The van der Waals surface area contributed by atoms with Crippen LogP contribution in [0.3, 0.4) is 0 Å². The zero-order valence-electron chi connectivity index (χ0n) is 10.3. The van der Waals surface area contributed by atoms with Crippen molar-refractivity contribution in [3.8, 4) is 0 Å². The lowest BCUT2D eigenvalue weighted by Gasteiger charge is -2.07. The Morgan fingerprint density at radius 2 is 1.72 bits per heavy atom. The summed E-state index contributed by atoms with van der Waals surface area (Å²) in [7, 11) is 0. The summed E-state index contributed by atoms with van der Waals surface area (Å²) >= 11 is 5.74. The molecule has 0 unspecified atom stereocenters. The molecular formula is C13H17ClN2O2. The number of hydrogen-bond acceptors (Lipinski definition) is 2. The Hall–Kier alpha value is -1.55. The third kappa shape index (κ3) is 5.68. The highest BCUT2D eigenvalue weighted by molar-refractivity contribution is 6.30. The van der Waals surface area contributed by atoms with Gasteiger partial charge in [-0.1, -0.05) is 37.1 Å². The molecule has 2 N–H and O–H groups in total. The van der Waals surface area contributed by atoms with Gasteiger partial charge in [-0.2, -0.15) is 0 Å². The molecule has 0 aromatic heterocycles. The van der Waals surface area contributed by atoms with Crippen molar-refractivity contribution in [1.82, 2.24) is 10.9 Å². The Labute approximate surface area is 112 Å². The summed E-state index contributed by atoms with van der Waals surface area (Å²) < 4.78 is 0. The summed E-state index contributed by atoms with van der Waals surface area (Å²) in [6.07, 6.45) is 2.41. The second-order valence-electron chi connectivity index (χ2n) is 4.00. The second kappa shape index (κ2) is 7.71. The number of amides is 2. The fraction of sp³-hybridized carbons (Fsp3) is 0.385. The maximum absolute atomic E-state index is 11.5. The fourth-order valence-corrected chi connectivity index (χ4v) is 1.50. The molecule has 0 heterocycles. The Bertz CT molecular complexity index is 404. The number of rotatable bonds is 5. The SMILES string of the molecule is CCCCC(=O)NNC(=O)Cc1ccc(Cl)cc1. The maximum Gasteiger partial charge on any atom is 0.242 e. The first-order valence-corrected chi connectivity index (χ1v) is 6.31. The average molecular weight is 269 g/mol. The third-order valence-corrected chi connectivity index (χ3v) is 2.63. The van der Waals surface area contributed by atoms with Crippen LogP contribution in [-0.2, 0) is 16.0 Å². The summed E-state index contributed by atoms with van der Waals surface area (Å²) in [6, 6.07) is 7.01. The van der Waals surface area contributed by atoms with E-state index in [1.165, 1.54) is 0 Å². The molecule has 0 bridgehead atoms. The second-order valence-corrected chi connectivity index (χ2v) is 4.44. The van der Waals surface area contributed by atoms with Crippen LogP contribution in [0, 0.1) is 0 Å². The summed E-state index contributed by atoms with van der Waals surface area (Å²) in [5.74, 6) is -0.413. The largest absolute Gasteiger partial charge is 0.273 e. The molecule has 0 atom stereocenters. The highest BCUT2D eigenvalue weighted by atomic mass is 35.5. The van der Waals surface area contributed by atoms with Crippen LogP contribution in [0.15, 0.2) is 24.3 Å². The molecule has 98 valence electrons. The molecule has 1 aromatic rings. The molecule has 0 aliphatic carbocycles. The number of carbonyl (C=O) groups excluding carboxylic acids is 2. The van der Waals surface area contributed by atoms with E-state index in [-0.39, 0.29) is 18.2 Å². The van der Waals surface area contributed by atoms with Gasteiger partial charge in [-0.3, -0.25) is 20.4 Å². The van der Waals surface area contributed by atoms with Crippen molar-refractivity contribution in [1.29, 1.82) is 0 Å². The van der Waals surface area contributed by atoms with Gasteiger partial charge >= 0.3 is 0 Å². The van der Waals surface area contributed by atoms with Crippen LogP contribution in [0.4, 0.5) is 0 Å². The number of carbonyl (C=O) groups is 2. The highest BCUT2D eigenvalue weighted by Gasteiger charge is 2.05. The molecule has 0 radical (unpaired) electrons. The molecule has 0 aliphatic heterocycles. The molecule has 18 heavy (non-hydrogen) atoms. The van der Waals surface area contributed by atoms with Gasteiger partial charge in [0.15, 0.2) is 0 Å². The van der Waals surface area contributed by atoms with Crippen molar-refractivity contribution in [2.24, 2.45) is 0 Å². The van der Waals surface area contributed by atoms with E-state index in [0.717, 1.165) is 18.4 Å². The highest BCUT2D eigenvalue weighted by Crippen LogP contribution is 2.09. The maximum atomic E-state index is 11.5. The van der Waals surface area contributed by atoms with E-state index in [0.29, 0.717) is 11.4 Å². The van der Waals surface area contributed by atoms with Crippen molar-refractivity contribution in [3.63, 3.8) is 0 Å². The number of halogens is 1. The van der Waals surface area contributed by atoms with Crippen LogP contribution in [0.2, 0.25) is 5.02 Å². The molecule has 0 fully saturated rings. The van der Waals surface area contributed by atoms with Gasteiger partial charge in [0, 0.05) is 11.4 Å². The van der Waals surface area contributed by atoms with Gasteiger partial charge in [-0.25, -0.2) is 0 Å². The van der Waals surface area contributed by atoms with Crippen LogP contribution in [-0.4, -0.2) is 11.8 Å². The normalized spacial score (nSPS) is 9.89. The Kier molecular flexibility index (Phi) is 6.22. The molecule has 5 heteroatoms. The first kappa shape index (κ1) is 14.5. The van der Waals surface area contributed by atoms with E-state index in [1.54, 1.807) is 24.3 Å². The van der Waals surface area contributed by atoms with Crippen molar-refractivity contribution < 1.29 is 9.59 Å². The van der Waals surface area contributed by atoms with Gasteiger partial charge in [0.25, 0.3) is 0 Å². The van der Waals surface area contributed by atoms with Gasteiger partial charge in [0.1, 0.15) is 0 Å². The van der Waals surface area contributed by atoms with E-state index in [2.05, 4.69) is 10.9 Å². The van der Waals surface area contributed by atoms with Crippen molar-refractivity contribution in [3.05, 3.63) is 34.9 Å². The Morgan fingerprint density at radius 3 is 2.33 bits per heavy atom. The van der Waals surface area contributed by atoms with Crippen LogP contribution in [0.1, 0.15) is 31.7 Å². The van der Waals surface area contributed by atoms with Gasteiger partial charge in [0.2, 0.25) is 11.8 Å². The molecule has 0 aliphatic rings. The monoisotopic (exact) mass is 268 g/mol. The average Bonchev–Trinajstić information content (AvgIpc) is 2.36. The van der Waals surface area contributed by atoms with Crippen LogP contribution in [0.25, 0.3) is 0 Å². The van der Waals surface area contributed by atoms with Crippen molar-refractivity contribution >= 4 is 23.4 Å². The quantitative estimate of drug-likeness (QED) is 0.805. The number of unbranched alkanes of at least 4 members (excludes halogenated alkanes) is 1. The molecule has 4 nitrogen and oxygen atoms in total. The minimum atomic E-state index is -0.248. The van der Waals surface area contributed by atoms with Gasteiger partial charge in [0.05, 0.1) is 6.42 Å². The number of nitrogens with one attached hydrogen (secondary N) is 2. The lowest BCUT2D eigenvalue weighted by atomic mass is 10.1. The zero-order valence-corrected chi connectivity index (χ0v) is 11.1. The number of hydrazine groups is 1. The standard InChI is InChI=1S/C13H17ClN2O2/c1-2-3-4-12(17)15-16-13(18)9-10-5-7-11(14)8-6-10/h5-8H,2-4,9H2,1H3,(H,15,17)(H,16,18). The smallest absolute Gasteiger partial charge is 0.242 e. The predicted octanol–water partition coefficient (Wildman–Crippen LogP) is 2.22. The van der Waals surface area contributed by atoms with Gasteiger partial charge < -0.3 is 0 Å². The molecule has 0 saturated heterocycles. The number of hydrogen-bond donors (Lipinski definition) is 2. The minimum Gasteiger partial charge on any atom is -0.273 e. The summed E-state index contributed by atoms with van der Waals surface area (Å²) in [6.45, 7) is 2.01. The van der Waals surface area contributed by atoms with Crippen LogP contribution in [0.5, 0.6) is 0 Å². The van der Waals surface area contributed by atoms with Crippen molar-refractivity contribution in [2.75, 3.05) is 0 Å². The summed E-state index contributed by atoms with van der Waals surface area (Å²) in [4.78, 5) is 22.8. The lowest BCUT2D eigenvalue weighted by molar-refractivity contribution is -0.128. The fourth-order valence-electron chi connectivity index (χ4n) is 1.37. The van der Waals surface area contributed by atoms with Gasteiger partial charge in [-0.05, 0) is 24.1 Å². The zero-order chi connectivity index (χ0) is 13.4. The topological polar surface area (TPSA) is 58.2 Å². The molecule has 1 aromatic carbocycles. The molecule has 2 amide bonds. The van der Waals surface area contributed by atoms with Crippen LogP contribution < -0.4 is 10.9 Å². The first-order chi connectivity index (χ1) is 8.61. The third-order valence-electron chi connectivity index (χ3n) is 2.38. The van der Waals surface area contributed by atoms with E-state index in [1.807, 2.05) is 6.92 Å². The summed E-state index contributed by atoms with van der Waals surface area (Å²) in [5, 5.41) is 0.632. The Balaban J connectivity index is 2.29. The Morgan fingerprint density at radius 1 is 1.11 bits per heavy atom. The minimum absolute atomic E-state index is 0.165. The lowest BCUT2D eigenvalue weighted by Crippen LogP contribution is -2.42.